The summed E-state index contributed by atoms with van der Waals surface area (Å²) in [5.74, 6) is -0.311. The highest BCUT2D eigenvalue weighted by Crippen LogP contribution is 2.13. The summed E-state index contributed by atoms with van der Waals surface area (Å²) < 4.78 is 16.6. The van der Waals surface area contributed by atoms with E-state index in [0.29, 0.717) is 12.0 Å². The van der Waals surface area contributed by atoms with E-state index in [2.05, 4.69) is 11.3 Å². The first-order valence-electron chi connectivity index (χ1n) is 3.43. The lowest BCUT2D eigenvalue weighted by Crippen LogP contribution is -1.99. The molecule has 1 unspecified atom stereocenters. The minimum atomic E-state index is -0.384. The fourth-order valence-electron chi connectivity index (χ4n) is 0.632. The van der Waals surface area contributed by atoms with Crippen LogP contribution >= 0.6 is 9.24 Å². The zero-order chi connectivity index (χ0) is 9.56. The summed E-state index contributed by atoms with van der Waals surface area (Å²) >= 11 is 0. The third kappa shape index (κ3) is 6.05. The van der Waals surface area contributed by atoms with Crippen molar-refractivity contribution in [1.82, 2.24) is 0 Å². The summed E-state index contributed by atoms with van der Waals surface area (Å²) in [6.45, 7) is 3.56. The first kappa shape index (κ1) is 11.3. The molecule has 2 nitrogen and oxygen atoms in total. The molecule has 0 bridgehead atoms. The number of esters is 1. The maximum atomic E-state index is 12.2. The van der Waals surface area contributed by atoms with E-state index in [4.69, 9.17) is 0 Å². The molecule has 0 aliphatic rings. The van der Waals surface area contributed by atoms with E-state index < -0.39 is 0 Å². The second-order valence-electron chi connectivity index (χ2n) is 2.26. The van der Waals surface area contributed by atoms with E-state index in [9.17, 15) is 9.18 Å². The average Bonchev–Trinajstić information content (AvgIpc) is 1.99. The summed E-state index contributed by atoms with van der Waals surface area (Å²) in [4.78, 5) is 10.6. The third-order valence-corrected chi connectivity index (χ3v) is 1.39. The molecule has 0 aliphatic heterocycles. The van der Waals surface area contributed by atoms with Crippen molar-refractivity contribution in [1.29, 1.82) is 0 Å². The molecule has 0 heterocycles. The molecule has 0 saturated carbocycles. The Balaban J connectivity index is 3.73. The van der Waals surface area contributed by atoms with Gasteiger partial charge in [0.1, 0.15) is 5.57 Å². The van der Waals surface area contributed by atoms with Gasteiger partial charge in [-0.3, -0.25) is 4.79 Å². The van der Waals surface area contributed by atoms with Gasteiger partial charge in [-0.1, -0.05) is 21.4 Å². The van der Waals surface area contributed by atoms with Gasteiger partial charge in [0.05, 0.1) is 7.11 Å². The highest BCUT2D eigenvalue weighted by atomic mass is 31.0. The van der Waals surface area contributed by atoms with Crippen LogP contribution < -0.4 is 0 Å². The Morgan fingerprint density at radius 3 is 2.67 bits per heavy atom. The van der Waals surface area contributed by atoms with Crippen molar-refractivity contribution < 1.29 is 13.9 Å². The van der Waals surface area contributed by atoms with Crippen LogP contribution in [0.3, 0.4) is 0 Å². The van der Waals surface area contributed by atoms with Crippen LogP contribution in [0.15, 0.2) is 23.8 Å². The van der Waals surface area contributed by atoms with Crippen molar-refractivity contribution in [3.8, 4) is 0 Å². The molecule has 0 fully saturated rings. The van der Waals surface area contributed by atoms with Gasteiger partial charge in [0.2, 0.25) is 0 Å². The molecule has 4 heteroatoms. The SMILES string of the molecule is C=C(/C=C(\F)P)CCC(=O)OC. The normalized spacial score (nSPS) is 11.1. The van der Waals surface area contributed by atoms with Gasteiger partial charge in [-0.05, 0) is 12.5 Å². The number of ether oxygens (including phenoxy) is 1. The minimum absolute atomic E-state index is 0.240. The third-order valence-electron chi connectivity index (χ3n) is 1.22. The van der Waals surface area contributed by atoms with E-state index >= 15 is 0 Å². The molecule has 0 aromatic carbocycles. The number of carbonyl (C=O) groups is 1. The van der Waals surface area contributed by atoms with Crippen molar-refractivity contribution in [2.45, 2.75) is 12.8 Å². The smallest absolute Gasteiger partial charge is 0.305 e. The Morgan fingerprint density at radius 1 is 1.67 bits per heavy atom. The zero-order valence-corrected chi connectivity index (χ0v) is 8.13. The molecule has 68 valence electrons. The lowest BCUT2D eigenvalue weighted by molar-refractivity contribution is -0.140. The minimum Gasteiger partial charge on any atom is -0.469 e. The van der Waals surface area contributed by atoms with Gasteiger partial charge < -0.3 is 4.74 Å². The number of halogens is 1. The van der Waals surface area contributed by atoms with Gasteiger partial charge in [-0.2, -0.15) is 0 Å². The first-order chi connectivity index (χ1) is 5.56. The molecule has 0 aliphatic carbocycles. The summed E-state index contributed by atoms with van der Waals surface area (Å²) in [6, 6.07) is 0. The second-order valence-corrected chi connectivity index (χ2v) is 2.82. The van der Waals surface area contributed by atoms with Crippen LogP contribution in [0.5, 0.6) is 0 Å². The molecular weight excluding hydrogens is 178 g/mol. The number of allylic oxidation sites excluding steroid dienone is 2. The Bertz CT molecular complexity index is 207. The number of carbonyl (C=O) groups excluding carboxylic acids is 1. The Hall–Kier alpha value is -0.690. The lowest BCUT2D eigenvalue weighted by atomic mass is 10.2. The molecule has 12 heavy (non-hydrogen) atoms. The number of methoxy groups -OCH3 is 1. The van der Waals surface area contributed by atoms with Crippen LogP contribution in [0.1, 0.15) is 12.8 Å². The van der Waals surface area contributed by atoms with Gasteiger partial charge in [0.15, 0.2) is 0 Å². The largest absolute Gasteiger partial charge is 0.469 e. The maximum Gasteiger partial charge on any atom is 0.305 e. The van der Waals surface area contributed by atoms with Crippen LogP contribution in [0.2, 0.25) is 0 Å². The van der Waals surface area contributed by atoms with Crippen molar-refractivity contribution in [2.75, 3.05) is 7.11 Å². The molecule has 0 amide bonds. The van der Waals surface area contributed by atoms with Crippen LogP contribution in [0, 0.1) is 0 Å². The topological polar surface area (TPSA) is 26.3 Å². The van der Waals surface area contributed by atoms with E-state index in [0.717, 1.165) is 0 Å². The summed E-state index contributed by atoms with van der Waals surface area (Å²) in [7, 11) is 3.22. The van der Waals surface area contributed by atoms with Crippen LogP contribution in [-0.2, 0) is 9.53 Å². The number of rotatable bonds is 4. The Labute approximate surface area is 73.7 Å². The molecule has 0 saturated heterocycles. The van der Waals surface area contributed by atoms with Crippen LogP contribution in [0.4, 0.5) is 4.39 Å². The Kier molecular flexibility index (Phi) is 5.56. The van der Waals surface area contributed by atoms with Crippen LogP contribution in [0.25, 0.3) is 0 Å². The average molecular weight is 190 g/mol. The molecule has 0 rings (SSSR count). The van der Waals surface area contributed by atoms with E-state index in [1.165, 1.54) is 13.2 Å². The van der Waals surface area contributed by atoms with Gasteiger partial charge >= 0.3 is 5.97 Å². The Morgan fingerprint density at radius 2 is 2.25 bits per heavy atom. The molecule has 0 aromatic rings. The van der Waals surface area contributed by atoms with Crippen molar-refractivity contribution >= 4 is 15.2 Å². The van der Waals surface area contributed by atoms with Crippen LogP contribution in [-0.4, -0.2) is 13.1 Å². The predicted molar refractivity (Wildman–Crippen MR) is 49.3 cm³/mol. The van der Waals surface area contributed by atoms with Gasteiger partial charge in [0, 0.05) is 6.42 Å². The lowest BCUT2D eigenvalue weighted by Gasteiger charge is -1.98. The zero-order valence-electron chi connectivity index (χ0n) is 6.97. The summed E-state index contributed by atoms with van der Waals surface area (Å²) in [6.07, 6.45) is 1.94. The second kappa shape index (κ2) is 5.90. The van der Waals surface area contributed by atoms with E-state index in [-0.39, 0.29) is 18.0 Å². The molecule has 0 spiro atoms. The molecule has 0 N–H and O–H groups in total. The van der Waals surface area contributed by atoms with E-state index in [1.807, 2.05) is 9.24 Å². The predicted octanol–water partition coefficient (Wildman–Crippen LogP) is 2.18. The maximum absolute atomic E-state index is 12.2. The number of hydrogen-bond donors (Lipinski definition) is 0. The fraction of sp³-hybridized carbons (Fsp3) is 0.375. The molecule has 0 aromatic heterocycles. The van der Waals surface area contributed by atoms with Crippen molar-refractivity contribution in [2.24, 2.45) is 0 Å². The highest BCUT2D eigenvalue weighted by molar-refractivity contribution is 7.22. The fourth-order valence-corrected chi connectivity index (χ4v) is 0.868. The highest BCUT2D eigenvalue weighted by Gasteiger charge is 2.00. The van der Waals surface area contributed by atoms with Gasteiger partial charge in [-0.15, -0.1) is 0 Å². The van der Waals surface area contributed by atoms with E-state index in [1.54, 1.807) is 0 Å². The van der Waals surface area contributed by atoms with Gasteiger partial charge in [-0.25, -0.2) is 4.39 Å². The first-order valence-corrected chi connectivity index (χ1v) is 4.01. The monoisotopic (exact) mass is 190 g/mol. The summed E-state index contributed by atoms with van der Waals surface area (Å²) in [5.41, 5.74) is 0.192. The molecular formula is C8H12FO2P. The molecule has 1 atom stereocenters. The summed E-state index contributed by atoms with van der Waals surface area (Å²) in [5, 5.41) is 0. The number of hydrogen-bond acceptors (Lipinski definition) is 2. The van der Waals surface area contributed by atoms with Gasteiger partial charge in [0.25, 0.3) is 0 Å². The standard InChI is InChI=1S/C8H12FO2P/c1-6(5-7(9)12)3-4-8(10)11-2/h5H,1,3-4,12H2,2H3/b7-5+. The molecule has 0 radical (unpaired) electrons. The quantitative estimate of drug-likeness (QED) is 0.386. The van der Waals surface area contributed by atoms with Crippen molar-refractivity contribution in [3.05, 3.63) is 23.8 Å². The van der Waals surface area contributed by atoms with Crippen molar-refractivity contribution in [3.63, 3.8) is 0 Å².